The molecule has 5 heteroatoms. The maximum absolute atomic E-state index is 10.5. The Bertz CT molecular complexity index is 450. The number of unbranched alkanes of at least 4 members (excludes halogenated alkanes) is 1. The number of ether oxygens (including phenoxy) is 4. The van der Waals surface area contributed by atoms with E-state index in [9.17, 15) is 5.11 Å². The van der Waals surface area contributed by atoms with E-state index in [0.717, 1.165) is 18.4 Å². The van der Waals surface area contributed by atoms with Crippen LogP contribution < -0.4 is 0 Å². The van der Waals surface area contributed by atoms with Crippen LogP contribution in [0.4, 0.5) is 0 Å². The summed E-state index contributed by atoms with van der Waals surface area (Å²) in [5.74, 6) is 0. The predicted octanol–water partition coefficient (Wildman–Crippen LogP) is 2.05. The molecule has 2 aliphatic heterocycles. The maximum Gasteiger partial charge on any atom is 0.184 e. The quantitative estimate of drug-likeness (QED) is 0.844. The third-order valence-electron chi connectivity index (χ3n) is 4.15. The van der Waals surface area contributed by atoms with E-state index < -0.39 is 18.5 Å². The lowest BCUT2D eigenvalue weighted by Gasteiger charge is -2.44. The lowest BCUT2D eigenvalue weighted by molar-refractivity contribution is -0.317. The van der Waals surface area contributed by atoms with Crippen molar-refractivity contribution in [3.63, 3.8) is 0 Å². The number of fused-ring (bicyclic) bond motifs is 1. The van der Waals surface area contributed by atoms with Gasteiger partial charge in [0.05, 0.1) is 13.2 Å². The fourth-order valence-electron chi connectivity index (χ4n) is 2.83. The summed E-state index contributed by atoms with van der Waals surface area (Å²) in [6.07, 6.45) is -0.0900. The Morgan fingerprint density at radius 1 is 1.18 bits per heavy atom. The second-order valence-electron chi connectivity index (χ2n) is 5.80. The van der Waals surface area contributed by atoms with Gasteiger partial charge in [-0.15, -0.1) is 0 Å². The molecular weight excluding hydrogens is 284 g/mol. The minimum absolute atomic E-state index is 0.235. The molecule has 1 aromatic rings. The number of aliphatic hydroxyl groups excluding tert-OH is 1. The third kappa shape index (κ3) is 3.50. The van der Waals surface area contributed by atoms with E-state index in [2.05, 4.69) is 6.92 Å². The van der Waals surface area contributed by atoms with Crippen LogP contribution in [0.5, 0.6) is 0 Å². The highest BCUT2D eigenvalue weighted by Crippen LogP contribution is 2.32. The summed E-state index contributed by atoms with van der Waals surface area (Å²) in [7, 11) is 0. The van der Waals surface area contributed by atoms with Gasteiger partial charge in [-0.05, 0) is 6.42 Å². The summed E-state index contributed by atoms with van der Waals surface area (Å²) in [4.78, 5) is 0. The van der Waals surface area contributed by atoms with Crippen LogP contribution in [0.25, 0.3) is 0 Å². The highest BCUT2D eigenvalue weighted by atomic mass is 16.7. The first-order chi connectivity index (χ1) is 10.8. The van der Waals surface area contributed by atoms with Crippen LogP contribution >= 0.6 is 0 Å². The molecule has 0 amide bonds. The molecule has 0 radical (unpaired) electrons. The minimum Gasteiger partial charge on any atom is -0.387 e. The average Bonchev–Trinajstić information content (AvgIpc) is 2.58. The highest BCUT2D eigenvalue weighted by molar-refractivity contribution is 5.16. The van der Waals surface area contributed by atoms with Gasteiger partial charge in [-0.25, -0.2) is 0 Å². The van der Waals surface area contributed by atoms with Crippen molar-refractivity contribution in [1.29, 1.82) is 0 Å². The molecule has 5 nitrogen and oxygen atoms in total. The Hall–Kier alpha value is -0.980. The average molecular weight is 308 g/mol. The Morgan fingerprint density at radius 2 is 2.00 bits per heavy atom. The van der Waals surface area contributed by atoms with Crippen LogP contribution in [0.15, 0.2) is 30.3 Å². The fourth-order valence-corrected chi connectivity index (χ4v) is 2.83. The van der Waals surface area contributed by atoms with Crippen LogP contribution in [0.3, 0.4) is 0 Å². The van der Waals surface area contributed by atoms with E-state index in [1.54, 1.807) is 0 Å². The van der Waals surface area contributed by atoms with E-state index in [0.29, 0.717) is 19.8 Å². The number of benzene rings is 1. The van der Waals surface area contributed by atoms with Crippen molar-refractivity contribution in [2.45, 2.75) is 50.5 Å². The smallest absolute Gasteiger partial charge is 0.184 e. The molecule has 0 bridgehead atoms. The minimum atomic E-state index is -0.689. The maximum atomic E-state index is 10.5. The SMILES string of the molecule is CCCCO[C@@H]1CO[C@@H]2CO[C@@H](c3ccccc3)O[C@H]2[C@@H]1O. The number of rotatable bonds is 5. The Morgan fingerprint density at radius 3 is 2.77 bits per heavy atom. The first-order valence-electron chi connectivity index (χ1n) is 8.03. The van der Waals surface area contributed by atoms with Gasteiger partial charge in [0.15, 0.2) is 6.29 Å². The summed E-state index contributed by atoms with van der Waals surface area (Å²) in [5, 5.41) is 10.5. The van der Waals surface area contributed by atoms with Gasteiger partial charge >= 0.3 is 0 Å². The van der Waals surface area contributed by atoms with Gasteiger partial charge in [-0.1, -0.05) is 43.7 Å². The van der Waals surface area contributed by atoms with Crippen molar-refractivity contribution in [2.75, 3.05) is 19.8 Å². The topological polar surface area (TPSA) is 57.2 Å². The van der Waals surface area contributed by atoms with Crippen molar-refractivity contribution in [3.05, 3.63) is 35.9 Å². The van der Waals surface area contributed by atoms with E-state index in [4.69, 9.17) is 18.9 Å². The first-order valence-corrected chi connectivity index (χ1v) is 8.03. The van der Waals surface area contributed by atoms with Crippen LogP contribution in [-0.2, 0) is 18.9 Å². The molecule has 3 rings (SSSR count). The molecule has 0 aliphatic carbocycles. The highest BCUT2D eigenvalue weighted by Gasteiger charge is 2.45. The number of aliphatic hydroxyl groups is 1. The molecule has 2 saturated heterocycles. The van der Waals surface area contributed by atoms with E-state index in [1.807, 2.05) is 30.3 Å². The zero-order valence-electron chi connectivity index (χ0n) is 12.9. The molecule has 5 atom stereocenters. The molecular formula is C17H24O5. The van der Waals surface area contributed by atoms with Crippen LogP contribution in [0.2, 0.25) is 0 Å². The van der Waals surface area contributed by atoms with Gasteiger partial charge in [-0.3, -0.25) is 0 Å². The Kier molecular flexibility index (Phi) is 5.44. The zero-order valence-corrected chi connectivity index (χ0v) is 12.9. The van der Waals surface area contributed by atoms with Crippen molar-refractivity contribution in [2.24, 2.45) is 0 Å². The monoisotopic (exact) mass is 308 g/mol. The first kappa shape index (κ1) is 15.9. The number of hydrogen-bond donors (Lipinski definition) is 1. The number of hydrogen-bond acceptors (Lipinski definition) is 5. The molecule has 0 unspecified atom stereocenters. The molecule has 122 valence electrons. The van der Waals surface area contributed by atoms with E-state index >= 15 is 0 Å². The van der Waals surface area contributed by atoms with Crippen LogP contribution in [0.1, 0.15) is 31.6 Å². The second kappa shape index (κ2) is 7.53. The van der Waals surface area contributed by atoms with Gasteiger partial charge < -0.3 is 24.1 Å². The van der Waals surface area contributed by atoms with Gasteiger partial charge in [0, 0.05) is 12.2 Å². The van der Waals surface area contributed by atoms with E-state index in [1.165, 1.54) is 0 Å². The van der Waals surface area contributed by atoms with Gasteiger partial charge in [-0.2, -0.15) is 0 Å². The van der Waals surface area contributed by atoms with Crippen molar-refractivity contribution in [3.8, 4) is 0 Å². The van der Waals surface area contributed by atoms with E-state index in [-0.39, 0.29) is 12.2 Å². The van der Waals surface area contributed by atoms with Gasteiger partial charge in [0.1, 0.15) is 24.4 Å². The largest absolute Gasteiger partial charge is 0.387 e. The fraction of sp³-hybridized carbons (Fsp3) is 0.647. The molecule has 0 spiro atoms. The molecule has 2 heterocycles. The standard InChI is InChI=1S/C17H24O5/c1-2-3-9-19-13-10-20-14-11-21-17(22-16(14)15(13)18)12-7-5-4-6-8-12/h4-8,13-18H,2-3,9-11H2,1H3/t13-,14-,15-,16-,17-/m1/s1. The summed E-state index contributed by atoms with van der Waals surface area (Å²) in [5.41, 5.74) is 0.946. The molecule has 22 heavy (non-hydrogen) atoms. The summed E-state index contributed by atoms with van der Waals surface area (Å²) in [6.45, 7) is 3.55. The molecule has 1 aromatic carbocycles. The van der Waals surface area contributed by atoms with Crippen LogP contribution in [0, 0.1) is 0 Å². The predicted molar refractivity (Wildman–Crippen MR) is 80.4 cm³/mol. The van der Waals surface area contributed by atoms with Gasteiger partial charge in [0.2, 0.25) is 0 Å². The van der Waals surface area contributed by atoms with Gasteiger partial charge in [0.25, 0.3) is 0 Å². The van der Waals surface area contributed by atoms with Crippen molar-refractivity contribution in [1.82, 2.24) is 0 Å². The Balaban J connectivity index is 1.62. The van der Waals surface area contributed by atoms with Crippen LogP contribution in [-0.4, -0.2) is 49.3 Å². The Labute approximate surface area is 131 Å². The third-order valence-corrected chi connectivity index (χ3v) is 4.15. The zero-order chi connectivity index (χ0) is 15.4. The summed E-state index contributed by atoms with van der Waals surface area (Å²) < 4.78 is 23.1. The lowest BCUT2D eigenvalue weighted by Crippen LogP contribution is -2.58. The summed E-state index contributed by atoms with van der Waals surface area (Å²) in [6, 6.07) is 9.75. The molecule has 2 fully saturated rings. The molecule has 0 aromatic heterocycles. The van der Waals surface area contributed by atoms with Crippen molar-refractivity contribution >= 4 is 0 Å². The molecule has 2 aliphatic rings. The molecule has 0 saturated carbocycles. The lowest BCUT2D eigenvalue weighted by atomic mass is 9.99. The van der Waals surface area contributed by atoms with Crippen molar-refractivity contribution < 1.29 is 24.1 Å². The normalized spacial score (nSPS) is 35.1. The second-order valence-corrected chi connectivity index (χ2v) is 5.80. The summed E-state index contributed by atoms with van der Waals surface area (Å²) >= 11 is 0. The molecule has 1 N–H and O–H groups in total.